The van der Waals surface area contributed by atoms with E-state index in [0.29, 0.717) is 5.92 Å². The highest BCUT2D eigenvalue weighted by Gasteiger charge is 2.27. The van der Waals surface area contributed by atoms with E-state index in [1.54, 1.807) is 0 Å². The van der Waals surface area contributed by atoms with Gasteiger partial charge in [-0.1, -0.05) is 31.0 Å². The lowest BCUT2D eigenvalue weighted by Gasteiger charge is -2.35. The SMILES string of the molecule is CC(C)(C)N(C/C(O)=C/Oc1ccccc1C1CCCC1)C(=O)CCCO[N+](=O)[O-]. The molecule has 8 nitrogen and oxygen atoms in total. The second-order valence-corrected chi connectivity index (χ2v) is 8.56. The Morgan fingerprint density at radius 2 is 1.97 bits per heavy atom. The number of para-hydroxylation sites is 1. The van der Waals surface area contributed by atoms with Crippen LogP contribution >= 0.6 is 0 Å². The number of carbonyl (C=O) groups is 1. The van der Waals surface area contributed by atoms with E-state index in [4.69, 9.17) is 4.74 Å². The number of hydrogen-bond acceptors (Lipinski definition) is 6. The van der Waals surface area contributed by atoms with Crippen LogP contribution in [-0.4, -0.2) is 39.7 Å². The van der Waals surface area contributed by atoms with Crippen molar-refractivity contribution >= 4 is 5.91 Å². The average molecular weight is 421 g/mol. The Labute approximate surface area is 177 Å². The lowest BCUT2D eigenvalue weighted by Crippen LogP contribution is -2.46. The normalized spacial score (nSPS) is 15.1. The maximum Gasteiger partial charge on any atom is 0.294 e. The first-order valence-corrected chi connectivity index (χ1v) is 10.4. The van der Waals surface area contributed by atoms with Crippen molar-refractivity contribution in [2.75, 3.05) is 13.2 Å². The summed E-state index contributed by atoms with van der Waals surface area (Å²) in [6.07, 6.45) is 6.32. The highest BCUT2D eigenvalue weighted by Crippen LogP contribution is 2.38. The monoisotopic (exact) mass is 420 g/mol. The predicted molar refractivity (Wildman–Crippen MR) is 113 cm³/mol. The molecule has 0 heterocycles. The summed E-state index contributed by atoms with van der Waals surface area (Å²) in [7, 11) is 0. The summed E-state index contributed by atoms with van der Waals surface area (Å²) in [5.41, 5.74) is 0.610. The molecule has 1 aromatic carbocycles. The summed E-state index contributed by atoms with van der Waals surface area (Å²) in [6, 6.07) is 7.84. The zero-order valence-electron chi connectivity index (χ0n) is 18.0. The number of amides is 1. The molecular formula is C22H32N2O6. The fourth-order valence-corrected chi connectivity index (χ4v) is 3.69. The molecular weight excluding hydrogens is 388 g/mol. The Kier molecular flexibility index (Phi) is 8.50. The molecule has 1 N–H and O–H groups in total. The summed E-state index contributed by atoms with van der Waals surface area (Å²) in [5.74, 6) is 0.911. The van der Waals surface area contributed by atoms with E-state index in [9.17, 15) is 20.0 Å². The molecule has 1 aromatic rings. The fraction of sp³-hybridized carbons (Fsp3) is 0.591. The molecule has 1 aliphatic carbocycles. The minimum atomic E-state index is -0.874. The Balaban J connectivity index is 2.00. The largest absolute Gasteiger partial charge is 0.507 e. The van der Waals surface area contributed by atoms with Crippen LogP contribution in [0.25, 0.3) is 0 Å². The van der Waals surface area contributed by atoms with E-state index in [2.05, 4.69) is 10.9 Å². The van der Waals surface area contributed by atoms with Gasteiger partial charge in [0.1, 0.15) is 17.8 Å². The molecule has 1 amide bonds. The van der Waals surface area contributed by atoms with Gasteiger partial charge in [0.15, 0.2) is 0 Å². The number of aliphatic hydroxyl groups excluding tert-OH is 1. The quantitative estimate of drug-likeness (QED) is 0.254. The minimum absolute atomic E-state index is 0.00990. The second-order valence-electron chi connectivity index (χ2n) is 8.56. The summed E-state index contributed by atoms with van der Waals surface area (Å²) < 4.78 is 5.78. The zero-order chi connectivity index (χ0) is 22.1. The molecule has 0 aromatic heterocycles. The Morgan fingerprint density at radius 3 is 2.60 bits per heavy atom. The molecule has 0 radical (unpaired) electrons. The van der Waals surface area contributed by atoms with E-state index < -0.39 is 10.6 Å². The highest BCUT2D eigenvalue weighted by molar-refractivity contribution is 5.77. The van der Waals surface area contributed by atoms with Gasteiger partial charge in [-0.2, -0.15) is 0 Å². The Morgan fingerprint density at radius 1 is 1.30 bits per heavy atom. The van der Waals surface area contributed by atoms with Crippen LogP contribution in [0.4, 0.5) is 0 Å². The maximum atomic E-state index is 12.6. The van der Waals surface area contributed by atoms with Gasteiger partial charge in [0.25, 0.3) is 5.09 Å². The first-order valence-electron chi connectivity index (χ1n) is 10.4. The number of hydrogen-bond donors (Lipinski definition) is 1. The first kappa shape index (κ1) is 23.5. The average Bonchev–Trinajstić information content (AvgIpc) is 3.21. The summed E-state index contributed by atoms with van der Waals surface area (Å²) >= 11 is 0. The van der Waals surface area contributed by atoms with Gasteiger partial charge in [0.05, 0.1) is 13.2 Å². The van der Waals surface area contributed by atoms with Gasteiger partial charge >= 0.3 is 0 Å². The van der Waals surface area contributed by atoms with Gasteiger partial charge in [0, 0.05) is 12.0 Å². The molecule has 166 valence electrons. The van der Waals surface area contributed by atoms with Crippen molar-refractivity contribution in [3.8, 4) is 5.75 Å². The molecule has 1 saturated carbocycles. The lowest BCUT2D eigenvalue weighted by molar-refractivity contribution is -0.757. The number of benzene rings is 1. The third-order valence-corrected chi connectivity index (χ3v) is 5.20. The lowest BCUT2D eigenvalue weighted by atomic mass is 9.97. The molecule has 8 heteroatoms. The molecule has 0 unspecified atom stereocenters. The molecule has 0 atom stereocenters. The van der Waals surface area contributed by atoms with Crippen LogP contribution in [0.2, 0.25) is 0 Å². The number of rotatable bonds is 10. The van der Waals surface area contributed by atoms with Gasteiger partial charge in [0.2, 0.25) is 5.91 Å². The highest BCUT2D eigenvalue weighted by atomic mass is 16.9. The molecule has 0 spiro atoms. The van der Waals surface area contributed by atoms with Crippen LogP contribution < -0.4 is 4.74 Å². The van der Waals surface area contributed by atoms with Crippen molar-refractivity contribution in [3.63, 3.8) is 0 Å². The summed E-state index contributed by atoms with van der Waals surface area (Å²) in [4.78, 5) is 28.6. The van der Waals surface area contributed by atoms with E-state index in [0.717, 1.165) is 24.2 Å². The Hall–Kier alpha value is -2.77. The number of carbonyl (C=O) groups excluding carboxylic acids is 1. The van der Waals surface area contributed by atoms with Gasteiger partial charge in [-0.05, 0) is 57.6 Å². The predicted octanol–water partition coefficient (Wildman–Crippen LogP) is 4.74. The van der Waals surface area contributed by atoms with Crippen LogP contribution in [-0.2, 0) is 9.63 Å². The summed E-state index contributed by atoms with van der Waals surface area (Å²) in [5, 5.41) is 19.8. The van der Waals surface area contributed by atoms with Gasteiger partial charge in [-0.25, -0.2) is 0 Å². The van der Waals surface area contributed by atoms with Crippen molar-refractivity contribution in [2.45, 2.75) is 70.8 Å². The van der Waals surface area contributed by atoms with Crippen molar-refractivity contribution < 1.29 is 24.6 Å². The molecule has 2 rings (SSSR count). The fourth-order valence-electron chi connectivity index (χ4n) is 3.69. The van der Waals surface area contributed by atoms with Crippen molar-refractivity contribution in [2.24, 2.45) is 0 Å². The molecule has 0 aliphatic heterocycles. The standard InChI is InChI=1S/C22H32N2O6/c1-22(2,3)23(21(26)13-8-14-30-24(27)28)15-18(25)16-29-20-12-7-6-11-19(20)17-9-4-5-10-17/h6-7,11-12,16-17,25H,4-5,8-10,13-15H2,1-3H3/b18-16-. The Bertz CT molecular complexity index is 750. The van der Waals surface area contributed by atoms with E-state index in [1.807, 2.05) is 39.0 Å². The van der Waals surface area contributed by atoms with Gasteiger partial charge in [-0.15, -0.1) is 10.1 Å². The summed E-state index contributed by atoms with van der Waals surface area (Å²) in [6.45, 7) is 5.44. The van der Waals surface area contributed by atoms with Gasteiger partial charge in [-0.3, -0.25) is 4.79 Å². The van der Waals surface area contributed by atoms with E-state index in [1.165, 1.54) is 24.0 Å². The van der Waals surface area contributed by atoms with Crippen LogP contribution in [0.5, 0.6) is 5.75 Å². The van der Waals surface area contributed by atoms with E-state index >= 15 is 0 Å². The number of aliphatic hydroxyl groups is 1. The van der Waals surface area contributed by atoms with Gasteiger partial charge < -0.3 is 19.6 Å². The molecule has 0 saturated heterocycles. The smallest absolute Gasteiger partial charge is 0.294 e. The number of ether oxygens (including phenoxy) is 1. The van der Waals surface area contributed by atoms with Crippen molar-refractivity contribution in [1.29, 1.82) is 0 Å². The maximum absolute atomic E-state index is 12.6. The van der Waals surface area contributed by atoms with E-state index in [-0.39, 0.29) is 37.7 Å². The van der Waals surface area contributed by atoms with Crippen LogP contribution in [0.15, 0.2) is 36.3 Å². The first-order chi connectivity index (χ1) is 14.2. The molecule has 1 fully saturated rings. The zero-order valence-corrected chi connectivity index (χ0v) is 18.0. The number of nitrogens with zero attached hydrogens (tertiary/aromatic N) is 2. The van der Waals surface area contributed by atoms with Crippen LogP contribution in [0.3, 0.4) is 0 Å². The van der Waals surface area contributed by atoms with Crippen LogP contribution in [0.1, 0.15) is 70.8 Å². The second kappa shape index (κ2) is 10.8. The topological polar surface area (TPSA) is 102 Å². The van der Waals surface area contributed by atoms with Crippen molar-refractivity contribution in [1.82, 2.24) is 4.90 Å². The van der Waals surface area contributed by atoms with Crippen LogP contribution in [0, 0.1) is 10.1 Å². The molecule has 0 bridgehead atoms. The van der Waals surface area contributed by atoms with Crippen molar-refractivity contribution in [3.05, 3.63) is 52.0 Å². The third-order valence-electron chi connectivity index (χ3n) is 5.20. The molecule has 1 aliphatic rings. The molecule has 30 heavy (non-hydrogen) atoms. The minimum Gasteiger partial charge on any atom is -0.507 e. The third kappa shape index (κ3) is 7.24.